The molecule has 2 N–H and O–H groups in total. The third-order valence-electron chi connectivity index (χ3n) is 5.39. The highest BCUT2D eigenvalue weighted by molar-refractivity contribution is 9.10. The molecule has 8 heteroatoms. The lowest BCUT2D eigenvalue weighted by Gasteiger charge is -2.20. The number of anilines is 1. The highest BCUT2D eigenvalue weighted by Gasteiger charge is 2.28. The largest absolute Gasteiger partial charge is 0.344 e. The van der Waals surface area contributed by atoms with Gasteiger partial charge in [-0.3, -0.25) is 14.9 Å². The Balaban J connectivity index is 1.47. The van der Waals surface area contributed by atoms with Crippen LogP contribution in [-0.4, -0.2) is 28.1 Å². The van der Waals surface area contributed by atoms with Gasteiger partial charge in [-0.2, -0.15) is 0 Å². The molecular formula is C23H23BrN4O2S. The zero-order valence-electron chi connectivity index (χ0n) is 16.9. The Hall–Kier alpha value is -2.58. The normalized spacial score (nSPS) is 14.9. The second kappa shape index (κ2) is 10.2. The van der Waals surface area contributed by atoms with Crippen molar-refractivity contribution in [3.8, 4) is 10.6 Å². The van der Waals surface area contributed by atoms with Crippen LogP contribution in [0.25, 0.3) is 10.6 Å². The summed E-state index contributed by atoms with van der Waals surface area (Å²) in [5, 5.41) is 15.2. The summed E-state index contributed by atoms with van der Waals surface area (Å²) in [6, 6.07) is 16.8. The van der Waals surface area contributed by atoms with Gasteiger partial charge in [-0.15, -0.1) is 10.2 Å². The first-order valence-corrected chi connectivity index (χ1v) is 11.9. The maximum Gasteiger partial charge on any atom is 0.249 e. The van der Waals surface area contributed by atoms with Gasteiger partial charge in [-0.05, 0) is 30.5 Å². The molecule has 1 aromatic heterocycles. The molecule has 1 fully saturated rings. The van der Waals surface area contributed by atoms with Crippen LogP contribution in [0.3, 0.4) is 0 Å². The molecule has 31 heavy (non-hydrogen) atoms. The van der Waals surface area contributed by atoms with E-state index in [2.05, 4.69) is 36.8 Å². The predicted octanol–water partition coefficient (Wildman–Crippen LogP) is 4.82. The summed E-state index contributed by atoms with van der Waals surface area (Å²) in [6.45, 7) is 0. The van der Waals surface area contributed by atoms with Gasteiger partial charge in [0.15, 0.2) is 0 Å². The number of nitrogens with zero attached hydrogens (tertiary/aromatic N) is 2. The SMILES string of the molecule is O=C(NC(Cc1ccccc1)C(=O)Nc1nnc(-c2ccc(Br)cc2)s1)C1CCCC1. The lowest BCUT2D eigenvalue weighted by molar-refractivity contribution is -0.129. The van der Waals surface area contributed by atoms with Crippen LogP contribution in [-0.2, 0) is 16.0 Å². The standard InChI is InChI=1S/C23H23BrN4O2S/c24-18-12-10-17(11-13-18)22-27-28-23(31-22)26-21(30)19(14-15-6-2-1-3-7-15)25-20(29)16-8-4-5-9-16/h1-3,6-7,10-13,16,19H,4-5,8-9,14H2,(H,25,29)(H,26,28,30). The molecule has 160 valence electrons. The molecule has 6 nitrogen and oxygen atoms in total. The predicted molar refractivity (Wildman–Crippen MR) is 126 cm³/mol. The van der Waals surface area contributed by atoms with Crippen LogP contribution in [0, 0.1) is 5.92 Å². The van der Waals surface area contributed by atoms with Crippen molar-refractivity contribution in [3.05, 3.63) is 64.6 Å². The fourth-order valence-electron chi connectivity index (χ4n) is 3.71. The van der Waals surface area contributed by atoms with Gasteiger partial charge in [0.1, 0.15) is 11.0 Å². The molecule has 1 unspecified atom stereocenters. The van der Waals surface area contributed by atoms with Crippen LogP contribution in [0.5, 0.6) is 0 Å². The van der Waals surface area contributed by atoms with Crippen molar-refractivity contribution in [2.75, 3.05) is 5.32 Å². The molecule has 0 aliphatic heterocycles. The number of amides is 2. The van der Waals surface area contributed by atoms with E-state index in [0.29, 0.717) is 11.6 Å². The van der Waals surface area contributed by atoms with Gasteiger partial charge in [0.05, 0.1) is 0 Å². The minimum Gasteiger partial charge on any atom is -0.344 e. The van der Waals surface area contributed by atoms with E-state index in [0.717, 1.165) is 46.3 Å². The molecule has 1 atom stereocenters. The Bertz CT molecular complexity index is 1030. The molecule has 1 aliphatic carbocycles. The summed E-state index contributed by atoms with van der Waals surface area (Å²) in [5.74, 6) is -0.327. The van der Waals surface area contributed by atoms with E-state index < -0.39 is 6.04 Å². The first-order chi connectivity index (χ1) is 15.1. The first-order valence-electron chi connectivity index (χ1n) is 10.3. The Morgan fingerprint density at radius 3 is 2.45 bits per heavy atom. The van der Waals surface area contributed by atoms with Crippen LogP contribution in [0.1, 0.15) is 31.2 Å². The van der Waals surface area contributed by atoms with Gasteiger partial charge in [-0.25, -0.2) is 0 Å². The highest BCUT2D eigenvalue weighted by atomic mass is 79.9. The van der Waals surface area contributed by atoms with E-state index >= 15 is 0 Å². The van der Waals surface area contributed by atoms with Gasteiger partial charge < -0.3 is 5.32 Å². The molecule has 1 heterocycles. The Morgan fingerprint density at radius 1 is 1.03 bits per heavy atom. The Kier molecular flexibility index (Phi) is 7.09. The van der Waals surface area contributed by atoms with Crippen molar-refractivity contribution < 1.29 is 9.59 Å². The fourth-order valence-corrected chi connectivity index (χ4v) is 4.73. The fraction of sp³-hybridized carbons (Fsp3) is 0.304. The third kappa shape index (κ3) is 5.77. The number of halogens is 1. The molecule has 0 saturated heterocycles. The number of benzene rings is 2. The summed E-state index contributed by atoms with van der Waals surface area (Å²) in [4.78, 5) is 25.8. The summed E-state index contributed by atoms with van der Waals surface area (Å²) in [5.41, 5.74) is 1.92. The van der Waals surface area contributed by atoms with Gasteiger partial charge in [0.2, 0.25) is 16.9 Å². The van der Waals surface area contributed by atoms with E-state index in [-0.39, 0.29) is 17.7 Å². The minimum atomic E-state index is -0.671. The van der Waals surface area contributed by atoms with Crippen LogP contribution >= 0.6 is 27.3 Å². The van der Waals surface area contributed by atoms with Crippen molar-refractivity contribution in [2.24, 2.45) is 5.92 Å². The van der Waals surface area contributed by atoms with Crippen molar-refractivity contribution >= 4 is 44.2 Å². The maximum absolute atomic E-state index is 13.1. The van der Waals surface area contributed by atoms with Gasteiger partial charge >= 0.3 is 0 Å². The second-order valence-electron chi connectivity index (χ2n) is 7.64. The van der Waals surface area contributed by atoms with Crippen molar-refractivity contribution in [1.29, 1.82) is 0 Å². The molecule has 2 amide bonds. The lowest BCUT2D eigenvalue weighted by atomic mass is 10.0. The van der Waals surface area contributed by atoms with Crippen LogP contribution in [0.2, 0.25) is 0 Å². The number of rotatable bonds is 7. The molecule has 1 saturated carbocycles. The van der Waals surface area contributed by atoms with E-state index in [4.69, 9.17) is 0 Å². The Morgan fingerprint density at radius 2 is 1.74 bits per heavy atom. The molecule has 3 aromatic rings. The minimum absolute atomic E-state index is 0.00314. The number of carbonyl (C=O) groups excluding carboxylic acids is 2. The molecule has 1 aliphatic rings. The van der Waals surface area contributed by atoms with Crippen molar-refractivity contribution in [2.45, 2.75) is 38.1 Å². The van der Waals surface area contributed by atoms with Crippen LogP contribution in [0.4, 0.5) is 5.13 Å². The second-order valence-corrected chi connectivity index (χ2v) is 9.53. The zero-order valence-corrected chi connectivity index (χ0v) is 19.3. The number of hydrogen-bond donors (Lipinski definition) is 2. The van der Waals surface area contributed by atoms with Crippen LogP contribution < -0.4 is 10.6 Å². The average molecular weight is 499 g/mol. The number of hydrogen-bond acceptors (Lipinski definition) is 5. The van der Waals surface area contributed by atoms with E-state index in [9.17, 15) is 9.59 Å². The summed E-state index contributed by atoms with van der Waals surface area (Å²) >= 11 is 4.72. The van der Waals surface area contributed by atoms with E-state index in [1.807, 2.05) is 54.6 Å². The maximum atomic E-state index is 13.1. The third-order valence-corrected chi connectivity index (χ3v) is 6.80. The summed E-state index contributed by atoms with van der Waals surface area (Å²) < 4.78 is 0.982. The Labute approximate surface area is 193 Å². The van der Waals surface area contributed by atoms with Gasteiger partial charge in [-0.1, -0.05) is 82.6 Å². The topological polar surface area (TPSA) is 84.0 Å². The van der Waals surface area contributed by atoms with E-state index in [1.165, 1.54) is 11.3 Å². The monoisotopic (exact) mass is 498 g/mol. The number of nitrogens with one attached hydrogen (secondary N) is 2. The molecule has 2 aromatic carbocycles. The average Bonchev–Trinajstić information content (AvgIpc) is 3.47. The molecule has 0 radical (unpaired) electrons. The molecule has 4 rings (SSSR count). The first kappa shape index (κ1) is 21.6. The lowest BCUT2D eigenvalue weighted by Crippen LogP contribution is -2.47. The zero-order chi connectivity index (χ0) is 21.6. The molecule has 0 bridgehead atoms. The van der Waals surface area contributed by atoms with Crippen LogP contribution in [0.15, 0.2) is 59.1 Å². The van der Waals surface area contributed by atoms with Gasteiger partial charge in [0.25, 0.3) is 0 Å². The highest BCUT2D eigenvalue weighted by Crippen LogP contribution is 2.28. The smallest absolute Gasteiger partial charge is 0.249 e. The quantitative estimate of drug-likeness (QED) is 0.488. The van der Waals surface area contributed by atoms with E-state index in [1.54, 1.807) is 0 Å². The molecular weight excluding hydrogens is 476 g/mol. The summed E-state index contributed by atoms with van der Waals surface area (Å²) in [7, 11) is 0. The van der Waals surface area contributed by atoms with Gasteiger partial charge in [0, 0.05) is 22.4 Å². The van der Waals surface area contributed by atoms with Crippen molar-refractivity contribution in [3.63, 3.8) is 0 Å². The number of aromatic nitrogens is 2. The summed E-state index contributed by atoms with van der Waals surface area (Å²) in [6.07, 6.45) is 4.33. The molecule has 0 spiro atoms. The van der Waals surface area contributed by atoms with Crippen molar-refractivity contribution in [1.82, 2.24) is 15.5 Å². The number of carbonyl (C=O) groups is 2.